The Kier molecular flexibility index (Phi) is 11.2. The molecule has 1 N–H and O–H groups in total. The first-order valence-corrected chi connectivity index (χ1v) is 20.3. The summed E-state index contributed by atoms with van der Waals surface area (Å²) in [5.41, 5.74) is 6.80. The van der Waals surface area contributed by atoms with Crippen LogP contribution in [-0.2, 0) is 4.74 Å². The van der Waals surface area contributed by atoms with Gasteiger partial charge < -0.3 is 14.6 Å². The van der Waals surface area contributed by atoms with E-state index in [9.17, 15) is 5.11 Å². The Morgan fingerprint density at radius 3 is 2.33 bits per heavy atom. The zero-order chi connectivity index (χ0) is 34.9. The van der Waals surface area contributed by atoms with E-state index in [1.54, 1.807) is 18.2 Å². The third-order valence-corrected chi connectivity index (χ3v) is 16.9. The average Bonchev–Trinajstić information content (AvgIpc) is 3.05. The number of fused-ring (bicyclic) bond motifs is 2. The second kappa shape index (κ2) is 14.8. The van der Waals surface area contributed by atoms with Crippen molar-refractivity contribution in [3.8, 4) is 28.5 Å². The Bertz CT molecular complexity index is 1870. The molecule has 1 saturated carbocycles. The van der Waals surface area contributed by atoms with Gasteiger partial charge in [0.15, 0.2) is 17.8 Å². The van der Waals surface area contributed by atoms with E-state index >= 15 is 8.78 Å². The minimum Gasteiger partial charge on any atom is -0.468 e. The van der Waals surface area contributed by atoms with Crippen LogP contribution >= 0.6 is 11.8 Å². The van der Waals surface area contributed by atoms with E-state index in [0.29, 0.717) is 61.4 Å². The van der Waals surface area contributed by atoms with Gasteiger partial charge in [0.2, 0.25) is 0 Å². The number of hydrogen-bond acceptors (Lipinski definition) is 7. The summed E-state index contributed by atoms with van der Waals surface area (Å²) in [6, 6.07) is 6.57. The van der Waals surface area contributed by atoms with E-state index in [4.69, 9.17) is 19.4 Å². The molecule has 2 aromatic carbocycles. The van der Waals surface area contributed by atoms with Crippen molar-refractivity contribution in [2.45, 2.75) is 108 Å². The fourth-order valence-corrected chi connectivity index (χ4v) is 13.5. The number of aryl methyl sites for hydroxylation is 1. The van der Waals surface area contributed by atoms with Crippen LogP contribution in [0, 0.1) is 30.0 Å². The van der Waals surface area contributed by atoms with Gasteiger partial charge in [0.25, 0.3) is 0 Å². The van der Waals surface area contributed by atoms with Gasteiger partial charge in [-0.15, -0.1) is 5.54 Å². The number of aromatic nitrogens is 3. The second-order valence-corrected chi connectivity index (χ2v) is 20.2. The summed E-state index contributed by atoms with van der Waals surface area (Å²) < 4.78 is 44.2. The molecule has 0 bridgehead atoms. The number of rotatable bonds is 9. The lowest BCUT2D eigenvalue weighted by atomic mass is 9.83. The zero-order valence-corrected chi connectivity index (χ0v) is 31.3. The number of ether oxygens (including phenoxy) is 2. The first-order chi connectivity index (χ1) is 22.8. The van der Waals surface area contributed by atoms with Crippen LogP contribution in [-0.4, -0.2) is 54.4 Å². The molecule has 2 atom stereocenters. The number of thioether (sulfide) groups is 1. The summed E-state index contributed by atoms with van der Waals surface area (Å²) in [6.07, 6.45) is 4.45. The monoisotopic (exact) mass is 691 g/mol. The number of halogens is 2. The summed E-state index contributed by atoms with van der Waals surface area (Å²) in [5.74, 6) is 2.64. The van der Waals surface area contributed by atoms with Crippen LogP contribution in [0.3, 0.4) is 0 Å². The Morgan fingerprint density at radius 2 is 1.71 bits per heavy atom. The molecule has 256 valence electrons. The number of pyridine rings is 1. The number of aliphatic hydroxyl groups is 1. The molecule has 10 heteroatoms. The first kappa shape index (κ1) is 36.2. The van der Waals surface area contributed by atoms with E-state index in [2.05, 4.69) is 58.0 Å². The Labute approximate surface area is 288 Å². The molecule has 2 heterocycles. The summed E-state index contributed by atoms with van der Waals surface area (Å²) in [5, 5.41) is 12.6. The first-order valence-electron chi connectivity index (χ1n) is 16.8. The molecule has 0 saturated heterocycles. The van der Waals surface area contributed by atoms with Crippen molar-refractivity contribution >= 4 is 41.5 Å². The molecule has 0 amide bonds. The highest BCUT2D eigenvalue weighted by Gasteiger charge is 2.42. The summed E-state index contributed by atoms with van der Waals surface area (Å²) in [4.78, 5) is 14.4. The molecule has 5 rings (SSSR count). The van der Waals surface area contributed by atoms with Gasteiger partial charge in [0, 0.05) is 35.1 Å². The predicted molar refractivity (Wildman–Crippen MR) is 194 cm³/mol. The van der Waals surface area contributed by atoms with Crippen LogP contribution in [0.15, 0.2) is 29.4 Å². The molecular formula is C38H47F2N3O3SSi. The van der Waals surface area contributed by atoms with Crippen molar-refractivity contribution in [1.29, 1.82) is 0 Å². The normalized spacial score (nSPS) is 17.1. The maximum atomic E-state index is 17.1. The molecule has 0 radical (unpaired) electrons. The van der Waals surface area contributed by atoms with Crippen molar-refractivity contribution in [1.82, 2.24) is 15.0 Å². The summed E-state index contributed by atoms with van der Waals surface area (Å²) >= 11 is 1.34. The quantitative estimate of drug-likeness (QED) is 0.0616. The molecule has 48 heavy (non-hydrogen) atoms. The molecule has 1 fully saturated rings. The predicted octanol–water partition coefficient (Wildman–Crippen LogP) is 9.72. The van der Waals surface area contributed by atoms with Crippen LogP contribution in [0.25, 0.3) is 32.9 Å². The lowest BCUT2D eigenvalue weighted by Crippen LogP contribution is -2.43. The SMILES string of the molecule is COCOc1cc(-c2nc(C)c3c(C4CCC[C@@H](O)C4)nc(SC)nc3c2F)c2c(C#C[Si](C(C)C)(C(C)C)C(C)C)c(F)ccc2c1. The van der Waals surface area contributed by atoms with E-state index in [-0.39, 0.29) is 29.5 Å². The van der Waals surface area contributed by atoms with Gasteiger partial charge in [-0.1, -0.05) is 71.7 Å². The molecule has 6 nitrogen and oxygen atoms in total. The lowest BCUT2D eigenvalue weighted by molar-refractivity contribution is 0.0512. The van der Waals surface area contributed by atoms with Gasteiger partial charge in [-0.2, -0.15) is 0 Å². The van der Waals surface area contributed by atoms with Crippen molar-refractivity contribution in [2.75, 3.05) is 20.2 Å². The smallest absolute Gasteiger partial charge is 0.188 e. The molecule has 0 aliphatic heterocycles. The molecule has 1 aliphatic rings. The minimum atomic E-state index is -2.24. The topological polar surface area (TPSA) is 77.4 Å². The maximum absolute atomic E-state index is 17.1. The lowest BCUT2D eigenvalue weighted by Gasteiger charge is -2.38. The van der Waals surface area contributed by atoms with Crippen LogP contribution < -0.4 is 4.74 Å². The summed E-state index contributed by atoms with van der Waals surface area (Å²) in [6.45, 7) is 15.1. The largest absolute Gasteiger partial charge is 0.468 e. The summed E-state index contributed by atoms with van der Waals surface area (Å²) in [7, 11) is -0.709. The number of aliphatic hydroxyl groups excluding tert-OH is 1. The van der Waals surface area contributed by atoms with Gasteiger partial charge in [0.05, 0.1) is 17.4 Å². The third-order valence-electron chi connectivity index (χ3n) is 10.1. The van der Waals surface area contributed by atoms with Gasteiger partial charge >= 0.3 is 0 Å². The number of hydrogen-bond donors (Lipinski definition) is 1. The van der Waals surface area contributed by atoms with E-state index in [0.717, 1.165) is 25.0 Å². The van der Waals surface area contributed by atoms with E-state index in [1.807, 2.05) is 13.2 Å². The van der Waals surface area contributed by atoms with Gasteiger partial charge in [0.1, 0.15) is 30.9 Å². The van der Waals surface area contributed by atoms with Crippen molar-refractivity contribution in [2.24, 2.45) is 0 Å². The Hall–Kier alpha value is -3.10. The fraction of sp³-hybridized carbons (Fsp3) is 0.500. The van der Waals surface area contributed by atoms with Gasteiger partial charge in [-0.05, 0) is 72.7 Å². The van der Waals surface area contributed by atoms with Crippen LogP contribution in [0.2, 0.25) is 16.6 Å². The van der Waals surface area contributed by atoms with Crippen LogP contribution in [0.4, 0.5) is 8.78 Å². The number of nitrogens with zero attached hydrogens (tertiary/aromatic N) is 3. The van der Waals surface area contributed by atoms with Crippen molar-refractivity contribution < 1.29 is 23.4 Å². The maximum Gasteiger partial charge on any atom is 0.188 e. The highest BCUT2D eigenvalue weighted by atomic mass is 32.2. The molecule has 1 unspecified atom stereocenters. The number of methoxy groups -OCH3 is 1. The van der Waals surface area contributed by atoms with Crippen molar-refractivity contribution in [3.63, 3.8) is 0 Å². The molecule has 2 aromatic heterocycles. The standard InChI is InChI=1S/C38H47F2N3O3SSi/c1-21(2)48(22(3)4,23(5)6)16-15-29-31(39)14-13-25-18-28(46-20-45-8)19-30(33(25)29)36-34(40)37-32(24(7)41-36)35(42-38(43-37)47-9)26-11-10-12-27(44)17-26/h13-14,18-19,21-23,26-27,44H,10-12,17,20H2,1-9H3/t26?,27-/m1/s1. The zero-order valence-electron chi connectivity index (χ0n) is 29.5. The third kappa shape index (κ3) is 6.71. The van der Waals surface area contributed by atoms with Gasteiger partial charge in [-0.25, -0.2) is 23.7 Å². The van der Waals surface area contributed by atoms with E-state index in [1.165, 1.54) is 24.9 Å². The molecular weight excluding hydrogens is 645 g/mol. The second-order valence-electron chi connectivity index (χ2n) is 13.9. The average molecular weight is 692 g/mol. The molecule has 1 aliphatic carbocycles. The fourth-order valence-electron chi connectivity index (χ4n) is 7.87. The van der Waals surface area contributed by atoms with Gasteiger partial charge in [-0.3, -0.25) is 0 Å². The van der Waals surface area contributed by atoms with Crippen LogP contribution in [0.5, 0.6) is 5.75 Å². The Morgan fingerprint density at radius 1 is 1.00 bits per heavy atom. The Balaban J connectivity index is 1.85. The highest BCUT2D eigenvalue weighted by molar-refractivity contribution is 7.98. The number of benzene rings is 2. The highest BCUT2D eigenvalue weighted by Crippen LogP contribution is 2.43. The minimum absolute atomic E-state index is 0.0162. The van der Waals surface area contributed by atoms with E-state index < -0.39 is 25.8 Å². The van der Waals surface area contributed by atoms with Crippen LogP contribution in [0.1, 0.15) is 90.1 Å². The molecule has 0 spiro atoms. The molecule has 4 aromatic rings. The van der Waals surface area contributed by atoms with Crippen molar-refractivity contribution in [3.05, 3.63) is 52.9 Å².